The van der Waals surface area contributed by atoms with Crippen LogP contribution in [-0.4, -0.2) is 50.4 Å². The Morgan fingerprint density at radius 3 is 2.15 bits per heavy atom. The first-order valence-corrected chi connectivity index (χ1v) is 17.7. The number of sulfonamides is 1. The molecule has 0 aliphatic carbocycles. The number of benzene rings is 4. The molecule has 0 fully saturated rings. The van der Waals surface area contributed by atoms with Crippen molar-refractivity contribution in [2.75, 3.05) is 17.5 Å². The molecule has 0 bridgehead atoms. The van der Waals surface area contributed by atoms with Crippen molar-refractivity contribution < 1.29 is 27.1 Å². The Labute approximate surface area is 291 Å². The number of rotatable bonds is 15. The Bertz CT molecular complexity index is 1790. The first-order chi connectivity index (χ1) is 22.9. The van der Waals surface area contributed by atoms with Gasteiger partial charge in [-0.1, -0.05) is 66.5 Å². The summed E-state index contributed by atoms with van der Waals surface area (Å²) in [4.78, 5) is 29.7. The van der Waals surface area contributed by atoms with Gasteiger partial charge in [0.25, 0.3) is 10.0 Å². The van der Waals surface area contributed by atoms with Crippen molar-refractivity contribution in [2.45, 2.75) is 57.1 Å². The molecule has 0 heterocycles. The van der Waals surface area contributed by atoms with Crippen LogP contribution in [0.15, 0.2) is 102 Å². The maximum absolute atomic E-state index is 14.5. The van der Waals surface area contributed by atoms with Gasteiger partial charge in [0.05, 0.1) is 27.2 Å². The average molecular weight is 715 g/mol. The largest absolute Gasteiger partial charge is 0.494 e. The highest BCUT2D eigenvalue weighted by atomic mass is 35.5. The van der Waals surface area contributed by atoms with Crippen molar-refractivity contribution >= 4 is 50.7 Å². The first-order valence-electron chi connectivity index (χ1n) is 15.5. The van der Waals surface area contributed by atoms with Crippen molar-refractivity contribution in [1.29, 1.82) is 0 Å². The Hall–Kier alpha value is -4.12. The van der Waals surface area contributed by atoms with Gasteiger partial charge in [-0.25, -0.2) is 12.8 Å². The molecule has 4 aromatic rings. The van der Waals surface area contributed by atoms with Crippen LogP contribution in [0, 0.1) is 5.82 Å². The van der Waals surface area contributed by atoms with Crippen molar-refractivity contribution in [2.24, 2.45) is 0 Å². The summed E-state index contributed by atoms with van der Waals surface area (Å²) in [6, 6.07) is 23.5. The van der Waals surface area contributed by atoms with Gasteiger partial charge in [0.15, 0.2) is 0 Å². The molecule has 1 N–H and O–H groups in total. The van der Waals surface area contributed by atoms with E-state index in [2.05, 4.69) is 5.32 Å². The van der Waals surface area contributed by atoms with Crippen LogP contribution in [0.1, 0.15) is 38.3 Å². The fraction of sp³-hybridized carbons (Fsp3) is 0.278. The molecule has 48 heavy (non-hydrogen) atoms. The molecule has 4 aromatic carbocycles. The Kier molecular flexibility index (Phi) is 12.9. The molecular weight excluding hydrogens is 676 g/mol. The van der Waals surface area contributed by atoms with Gasteiger partial charge in [0.1, 0.15) is 24.2 Å². The summed E-state index contributed by atoms with van der Waals surface area (Å²) < 4.78 is 48.7. The maximum atomic E-state index is 14.5. The molecule has 254 valence electrons. The molecule has 4 rings (SSSR count). The van der Waals surface area contributed by atoms with Crippen LogP contribution in [0.3, 0.4) is 0 Å². The van der Waals surface area contributed by atoms with Crippen LogP contribution >= 0.6 is 23.2 Å². The average Bonchev–Trinajstić information content (AvgIpc) is 3.08. The summed E-state index contributed by atoms with van der Waals surface area (Å²) in [5.74, 6) is -1.16. The van der Waals surface area contributed by atoms with Gasteiger partial charge in [-0.3, -0.25) is 13.9 Å². The van der Waals surface area contributed by atoms with Gasteiger partial charge in [0, 0.05) is 19.0 Å². The topological polar surface area (TPSA) is 96.0 Å². The van der Waals surface area contributed by atoms with Crippen molar-refractivity contribution in [3.8, 4) is 5.75 Å². The first kappa shape index (κ1) is 36.7. The summed E-state index contributed by atoms with van der Waals surface area (Å²) in [7, 11) is -4.37. The van der Waals surface area contributed by atoms with E-state index < -0.39 is 40.2 Å². The molecule has 0 radical (unpaired) electrons. The zero-order valence-corrected chi connectivity index (χ0v) is 29.2. The smallest absolute Gasteiger partial charge is 0.264 e. The Balaban J connectivity index is 1.81. The second kappa shape index (κ2) is 16.8. The molecular formula is C36H38Cl2FN3O5S. The van der Waals surface area contributed by atoms with Crippen LogP contribution in [0.25, 0.3) is 0 Å². The number of ether oxygens (including phenoxy) is 1. The highest BCUT2D eigenvalue weighted by Gasteiger charge is 2.35. The van der Waals surface area contributed by atoms with Gasteiger partial charge in [0.2, 0.25) is 11.8 Å². The number of nitrogens with zero attached hydrogens (tertiary/aromatic N) is 2. The van der Waals surface area contributed by atoms with E-state index in [0.717, 1.165) is 22.0 Å². The van der Waals surface area contributed by atoms with Crippen molar-refractivity contribution in [1.82, 2.24) is 10.2 Å². The van der Waals surface area contributed by atoms with Gasteiger partial charge in [-0.15, -0.1) is 0 Å². The molecule has 2 atom stereocenters. The number of hydrogen-bond acceptors (Lipinski definition) is 5. The highest BCUT2D eigenvalue weighted by molar-refractivity contribution is 7.92. The third-order valence-electron chi connectivity index (χ3n) is 7.73. The number of amides is 2. The summed E-state index contributed by atoms with van der Waals surface area (Å²) in [5.41, 5.74) is 1.44. The number of halogens is 3. The van der Waals surface area contributed by atoms with E-state index >= 15 is 0 Å². The Morgan fingerprint density at radius 2 is 1.54 bits per heavy atom. The van der Waals surface area contributed by atoms with Gasteiger partial charge in [-0.05, 0) is 92.1 Å². The number of carbonyl (C=O) groups excluding carboxylic acids is 2. The molecule has 0 aromatic heterocycles. The molecule has 2 amide bonds. The lowest BCUT2D eigenvalue weighted by atomic mass is 10.0. The zero-order valence-electron chi connectivity index (χ0n) is 26.9. The van der Waals surface area contributed by atoms with E-state index in [0.29, 0.717) is 29.4 Å². The second-order valence-corrected chi connectivity index (χ2v) is 13.9. The van der Waals surface area contributed by atoms with Crippen LogP contribution in [0.5, 0.6) is 5.75 Å². The molecule has 8 nitrogen and oxygen atoms in total. The van der Waals surface area contributed by atoms with E-state index in [9.17, 15) is 22.4 Å². The number of anilines is 1. The fourth-order valence-electron chi connectivity index (χ4n) is 4.97. The summed E-state index contributed by atoms with van der Waals surface area (Å²) >= 11 is 12.5. The molecule has 0 aliphatic rings. The molecule has 2 unspecified atom stereocenters. The molecule has 0 spiro atoms. The number of carbonyl (C=O) groups is 2. The third kappa shape index (κ3) is 9.49. The van der Waals surface area contributed by atoms with Crippen LogP contribution < -0.4 is 14.4 Å². The number of nitrogens with one attached hydrogen (secondary N) is 1. The van der Waals surface area contributed by atoms with Gasteiger partial charge < -0.3 is 15.0 Å². The standard InChI is InChI=1S/C36H38Cl2FN3O5S/c1-4-25(3)40-36(44)34(22-26-9-7-6-8-10-26)41(23-27-11-20-32(37)33(38)21-27)35(43)24-42(29-14-12-28(39)13-15-29)48(45,46)31-18-16-30(17-19-31)47-5-2/h6-21,25,34H,4-5,22-24H2,1-3H3,(H,40,44). The van der Waals surface area contributed by atoms with E-state index in [1.165, 1.54) is 41.3 Å². The van der Waals surface area contributed by atoms with Crippen molar-refractivity contribution in [3.05, 3.63) is 124 Å². The highest BCUT2D eigenvalue weighted by Crippen LogP contribution is 2.28. The van der Waals surface area contributed by atoms with Crippen LogP contribution in [0.4, 0.5) is 10.1 Å². The molecule has 0 aliphatic heterocycles. The second-order valence-electron chi connectivity index (χ2n) is 11.2. The van der Waals surface area contributed by atoms with Gasteiger partial charge >= 0.3 is 0 Å². The van der Waals surface area contributed by atoms with E-state index in [1.807, 2.05) is 51.1 Å². The van der Waals surface area contributed by atoms with Crippen molar-refractivity contribution in [3.63, 3.8) is 0 Å². The van der Waals surface area contributed by atoms with E-state index in [4.69, 9.17) is 27.9 Å². The maximum Gasteiger partial charge on any atom is 0.264 e. The normalized spacial score (nSPS) is 12.5. The monoisotopic (exact) mass is 713 g/mol. The van der Waals surface area contributed by atoms with Crippen LogP contribution in [-0.2, 0) is 32.6 Å². The third-order valence-corrected chi connectivity index (χ3v) is 10.3. The predicted molar refractivity (Wildman–Crippen MR) is 187 cm³/mol. The minimum absolute atomic E-state index is 0.0665. The van der Waals surface area contributed by atoms with Gasteiger partial charge in [-0.2, -0.15) is 0 Å². The molecule has 12 heteroatoms. The SMILES string of the molecule is CCOc1ccc(S(=O)(=O)N(CC(=O)N(Cc2ccc(Cl)c(Cl)c2)C(Cc2ccccc2)C(=O)NC(C)CC)c2ccc(F)cc2)cc1. The molecule has 0 saturated heterocycles. The fourth-order valence-corrected chi connectivity index (χ4v) is 6.70. The quantitative estimate of drug-likeness (QED) is 0.140. The summed E-state index contributed by atoms with van der Waals surface area (Å²) in [6.07, 6.45) is 0.807. The zero-order chi connectivity index (χ0) is 34.8. The summed E-state index contributed by atoms with van der Waals surface area (Å²) in [6.45, 7) is 5.23. The number of hydrogen-bond donors (Lipinski definition) is 1. The lowest BCUT2D eigenvalue weighted by Gasteiger charge is -2.34. The minimum Gasteiger partial charge on any atom is -0.494 e. The Morgan fingerprint density at radius 1 is 0.875 bits per heavy atom. The summed E-state index contributed by atoms with van der Waals surface area (Å²) in [5, 5.41) is 3.57. The lowest BCUT2D eigenvalue weighted by Crippen LogP contribution is -2.54. The van der Waals surface area contributed by atoms with Crippen LogP contribution in [0.2, 0.25) is 10.0 Å². The van der Waals surface area contributed by atoms with E-state index in [1.54, 1.807) is 18.2 Å². The minimum atomic E-state index is -4.37. The molecule has 0 saturated carbocycles. The lowest BCUT2D eigenvalue weighted by molar-refractivity contribution is -0.140. The predicted octanol–water partition coefficient (Wildman–Crippen LogP) is 7.28. The van der Waals surface area contributed by atoms with E-state index in [-0.39, 0.29) is 34.6 Å².